The number of aryl methyl sites for hydroxylation is 1. The zero-order valence-corrected chi connectivity index (χ0v) is 12.6. The van der Waals surface area contributed by atoms with Crippen molar-refractivity contribution < 1.29 is 24.9 Å². The molecule has 4 rings (SSSR count). The molecule has 24 heavy (non-hydrogen) atoms. The average molecular weight is 320 g/mol. The van der Waals surface area contributed by atoms with Gasteiger partial charge in [0, 0.05) is 16.7 Å². The van der Waals surface area contributed by atoms with Crippen LogP contribution in [0.15, 0.2) is 36.4 Å². The lowest BCUT2D eigenvalue weighted by molar-refractivity contribution is 0.0813. The summed E-state index contributed by atoms with van der Waals surface area (Å²) in [6, 6.07) is 9.29. The van der Waals surface area contributed by atoms with Gasteiger partial charge < -0.3 is 15.3 Å². The van der Waals surface area contributed by atoms with Gasteiger partial charge in [-0.2, -0.15) is 0 Å². The molecule has 0 amide bonds. The largest absolute Gasteiger partial charge is 0.507 e. The molecular weight excluding hydrogens is 308 g/mol. The minimum atomic E-state index is -0.856. The summed E-state index contributed by atoms with van der Waals surface area (Å²) in [6.45, 7) is 1.71. The van der Waals surface area contributed by atoms with Crippen molar-refractivity contribution in [2.75, 3.05) is 0 Å². The predicted octanol–water partition coefficient (Wildman–Crippen LogP) is 3.31. The van der Waals surface area contributed by atoms with E-state index in [0.717, 1.165) is 0 Å². The molecule has 5 nitrogen and oxygen atoms in total. The first-order valence-corrected chi connectivity index (χ1v) is 7.31. The second kappa shape index (κ2) is 4.58. The number of carbonyl (C=O) groups excluding carboxylic acids is 2. The first-order chi connectivity index (χ1) is 11.4. The number of phenols is 3. The lowest BCUT2D eigenvalue weighted by Gasteiger charge is -2.21. The highest BCUT2D eigenvalue weighted by atomic mass is 16.3. The van der Waals surface area contributed by atoms with E-state index in [0.29, 0.717) is 10.9 Å². The fraction of sp³-hybridized carbons (Fsp3) is 0.0526. The molecule has 0 saturated carbocycles. The molecule has 1 aliphatic rings. The number of carbonyl (C=O) groups is 2. The Hall–Kier alpha value is -3.34. The average Bonchev–Trinajstić information content (AvgIpc) is 2.51. The maximum absolute atomic E-state index is 12.5. The minimum Gasteiger partial charge on any atom is -0.507 e. The van der Waals surface area contributed by atoms with Crippen LogP contribution in [0.3, 0.4) is 0 Å². The molecule has 0 unspecified atom stereocenters. The third-order valence-corrected chi connectivity index (χ3v) is 4.33. The number of hydrogen-bond acceptors (Lipinski definition) is 5. The SMILES string of the molecule is Cc1cc(O)c2c(c1)C(=O)C(=O)c1c-2cc2cccc(O)c2c1O. The second-order valence-corrected chi connectivity index (χ2v) is 5.89. The summed E-state index contributed by atoms with van der Waals surface area (Å²) in [6.07, 6.45) is 0. The summed E-state index contributed by atoms with van der Waals surface area (Å²) in [5, 5.41) is 31.4. The quantitative estimate of drug-likeness (QED) is 0.552. The van der Waals surface area contributed by atoms with Crippen LogP contribution in [0.1, 0.15) is 26.3 Å². The molecule has 0 bridgehead atoms. The summed E-state index contributed by atoms with van der Waals surface area (Å²) < 4.78 is 0. The molecule has 0 aromatic heterocycles. The topological polar surface area (TPSA) is 94.8 Å². The number of Topliss-reactive ketones (excluding diaryl/α,β-unsaturated/α-hetero) is 2. The lowest BCUT2D eigenvalue weighted by atomic mass is 9.80. The first kappa shape index (κ1) is 14.3. The highest BCUT2D eigenvalue weighted by Crippen LogP contribution is 2.47. The van der Waals surface area contributed by atoms with Gasteiger partial charge in [0.2, 0.25) is 11.6 Å². The van der Waals surface area contributed by atoms with Crippen LogP contribution in [-0.4, -0.2) is 26.9 Å². The van der Waals surface area contributed by atoms with E-state index >= 15 is 0 Å². The number of phenolic OH excluding ortho intramolecular Hbond substituents is 3. The van der Waals surface area contributed by atoms with Crippen molar-refractivity contribution in [2.45, 2.75) is 6.92 Å². The molecule has 5 heteroatoms. The predicted molar refractivity (Wildman–Crippen MR) is 87.8 cm³/mol. The van der Waals surface area contributed by atoms with Crippen LogP contribution in [0.4, 0.5) is 0 Å². The van der Waals surface area contributed by atoms with Gasteiger partial charge in [-0.3, -0.25) is 9.59 Å². The molecule has 1 aliphatic carbocycles. The normalized spacial score (nSPS) is 13.0. The van der Waals surface area contributed by atoms with Gasteiger partial charge >= 0.3 is 0 Å². The van der Waals surface area contributed by atoms with Crippen molar-refractivity contribution in [3.8, 4) is 28.4 Å². The van der Waals surface area contributed by atoms with Crippen LogP contribution in [0.25, 0.3) is 21.9 Å². The van der Waals surface area contributed by atoms with Gasteiger partial charge in [0.15, 0.2) is 0 Å². The van der Waals surface area contributed by atoms with Gasteiger partial charge in [0.05, 0.1) is 10.9 Å². The first-order valence-electron chi connectivity index (χ1n) is 7.31. The van der Waals surface area contributed by atoms with Crippen molar-refractivity contribution in [1.82, 2.24) is 0 Å². The van der Waals surface area contributed by atoms with Crippen LogP contribution >= 0.6 is 0 Å². The maximum Gasteiger partial charge on any atom is 0.237 e. The molecule has 118 valence electrons. The molecule has 3 aromatic carbocycles. The Labute approximate surface area is 136 Å². The smallest absolute Gasteiger partial charge is 0.237 e. The fourth-order valence-corrected chi connectivity index (χ4v) is 3.31. The van der Waals surface area contributed by atoms with Gasteiger partial charge in [0.1, 0.15) is 17.2 Å². The number of aromatic hydroxyl groups is 3. The lowest BCUT2D eigenvalue weighted by Crippen LogP contribution is -2.21. The number of benzene rings is 3. The van der Waals surface area contributed by atoms with Gasteiger partial charge in [-0.25, -0.2) is 0 Å². The second-order valence-electron chi connectivity index (χ2n) is 5.89. The molecule has 0 saturated heterocycles. The molecule has 0 atom stereocenters. The number of rotatable bonds is 0. The molecule has 0 fully saturated rings. The number of ketones is 2. The van der Waals surface area contributed by atoms with Gasteiger partial charge in [-0.05, 0) is 42.1 Å². The maximum atomic E-state index is 12.5. The Kier molecular flexibility index (Phi) is 2.72. The summed E-state index contributed by atoms with van der Waals surface area (Å²) in [5.74, 6) is -2.42. The van der Waals surface area contributed by atoms with E-state index in [9.17, 15) is 24.9 Å². The van der Waals surface area contributed by atoms with E-state index in [1.807, 2.05) is 0 Å². The van der Waals surface area contributed by atoms with Crippen molar-refractivity contribution in [3.63, 3.8) is 0 Å². The zero-order valence-electron chi connectivity index (χ0n) is 12.6. The van der Waals surface area contributed by atoms with Crippen LogP contribution < -0.4 is 0 Å². The van der Waals surface area contributed by atoms with Gasteiger partial charge in [-0.15, -0.1) is 0 Å². The fourth-order valence-electron chi connectivity index (χ4n) is 3.31. The summed E-state index contributed by atoms with van der Waals surface area (Å²) in [5.41, 5.74) is 1.08. The number of hydrogen-bond donors (Lipinski definition) is 3. The Balaban J connectivity index is 2.23. The summed E-state index contributed by atoms with van der Waals surface area (Å²) in [7, 11) is 0. The number of fused-ring (bicyclic) bond motifs is 4. The van der Waals surface area contributed by atoms with Crippen LogP contribution in [0.2, 0.25) is 0 Å². The zero-order chi connectivity index (χ0) is 17.2. The summed E-state index contributed by atoms with van der Waals surface area (Å²) in [4.78, 5) is 24.9. The molecule has 3 N–H and O–H groups in total. The van der Waals surface area contributed by atoms with Crippen LogP contribution in [0.5, 0.6) is 17.2 Å². The monoisotopic (exact) mass is 320 g/mol. The van der Waals surface area contributed by atoms with Crippen molar-refractivity contribution in [3.05, 3.63) is 53.1 Å². The van der Waals surface area contributed by atoms with E-state index in [1.54, 1.807) is 31.2 Å². The van der Waals surface area contributed by atoms with Gasteiger partial charge in [0.25, 0.3) is 0 Å². The molecule has 3 aromatic rings. The van der Waals surface area contributed by atoms with Gasteiger partial charge in [-0.1, -0.05) is 12.1 Å². The van der Waals surface area contributed by atoms with E-state index < -0.39 is 17.3 Å². The Bertz CT molecular complexity index is 1080. The van der Waals surface area contributed by atoms with E-state index in [1.165, 1.54) is 12.1 Å². The third-order valence-electron chi connectivity index (χ3n) is 4.33. The highest BCUT2D eigenvalue weighted by Gasteiger charge is 2.35. The Morgan fingerprint density at radius 3 is 2.29 bits per heavy atom. The van der Waals surface area contributed by atoms with E-state index in [-0.39, 0.29) is 39.1 Å². The minimum absolute atomic E-state index is 0.104. The third kappa shape index (κ3) is 1.69. The molecular formula is C19H12O5. The van der Waals surface area contributed by atoms with E-state index in [4.69, 9.17) is 0 Å². The van der Waals surface area contributed by atoms with Crippen molar-refractivity contribution in [2.24, 2.45) is 0 Å². The molecule has 0 radical (unpaired) electrons. The van der Waals surface area contributed by atoms with Crippen LogP contribution in [0, 0.1) is 6.92 Å². The molecule has 0 spiro atoms. The standard InChI is InChI=1S/C19H12O5/c1-8-5-11-15(13(21)6-8)10-7-9-3-2-4-12(20)14(9)18(23)16(10)19(24)17(11)22/h2-7,20-21,23H,1H3. The van der Waals surface area contributed by atoms with Crippen molar-refractivity contribution >= 4 is 22.3 Å². The van der Waals surface area contributed by atoms with Crippen molar-refractivity contribution in [1.29, 1.82) is 0 Å². The highest BCUT2D eigenvalue weighted by molar-refractivity contribution is 6.54. The Morgan fingerprint density at radius 2 is 1.54 bits per heavy atom. The summed E-state index contributed by atoms with van der Waals surface area (Å²) >= 11 is 0. The van der Waals surface area contributed by atoms with E-state index in [2.05, 4.69) is 0 Å². The Morgan fingerprint density at radius 1 is 0.792 bits per heavy atom. The molecule has 0 aliphatic heterocycles. The van der Waals surface area contributed by atoms with Crippen LogP contribution in [-0.2, 0) is 0 Å². The molecule has 0 heterocycles.